The van der Waals surface area contributed by atoms with Crippen LogP contribution in [-0.2, 0) is 14.3 Å². The van der Waals surface area contributed by atoms with Crippen molar-refractivity contribution < 1.29 is 46.9 Å². The lowest BCUT2D eigenvalue weighted by Gasteiger charge is -2.29. The van der Waals surface area contributed by atoms with Crippen LogP contribution in [0.15, 0.2) is 16.6 Å². The van der Waals surface area contributed by atoms with Crippen molar-refractivity contribution >= 4 is 33.8 Å². The summed E-state index contributed by atoms with van der Waals surface area (Å²) in [5.74, 6) is -2.22. The van der Waals surface area contributed by atoms with E-state index in [0.717, 1.165) is 25.9 Å². The zero-order valence-corrected chi connectivity index (χ0v) is 19.5. The Morgan fingerprint density at radius 1 is 1.27 bits per heavy atom. The standard InChI is InChI=1S/C18H23BrN2O5.C2HF3O2/c1-24-11-7-13(15(25-2)14(19)8-11)16(22)21-10-12-9-18(17(23)26-12)3-5-20-6-4-18;3-2(4,5)1(6)7/h7-8,12,20H,3-6,9-10H2,1-2H3,(H,21,22);(H,6,7). The highest BCUT2D eigenvalue weighted by Gasteiger charge is 2.49. The fourth-order valence-corrected chi connectivity index (χ4v) is 4.23. The number of cyclic esters (lactones) is 1. The number of amides is 1. The number of carboxylic acid groups (broad SMARTS) is 1. The number of carboxylic acids is 1. The molecule has 2 aliphatic heterocycles. The molecule has 3 rings (SSSR count). The van der Waals surface area contributed by atoms with Gasteiger partial charge in [-0.15, -0.1) is 0 Å². The molecule has 3 N–H and O–H groups in total. The fourth-order valence-electron chi connectivity index (χ4n) is 3.63. The topological polar surface area (TPSA) is 123 Å². The Morgan fingerprint density at radius 2 is 1.88 bits per heavy atom. The van der Waals surface area contributed by atoms with Crippen molar-refractivity contribution in [2.45, 2.75) is 31.5 Å². The molecular weight excluding hydrogens is 517 g/mol. The van der Waals surface area contributed by atoms with E-state index >= 15 is 0 Å². The molecule has 0 aliphatic carbocycles. The molecule has 33 heavy (non-hydrogen) atoms. The maximum atomic E-state index is 12.6. The first-order valence-corrected chi connectivity index (χ1v) is 10.6. The molecule has 0 radical (unpaired) electrons. The van der Waals surface area contributed by atoms with Crippen molar-refractivity contribution in [3.63, 3.8) is 0 Å². The fraction of sp³-hybridized carbons (Fsp3) is 0.550. The lowest BCUT2D eigenvalue weighted by Crippen LogP contribution is -2.39. The number of rotatable bonds is 5. The summed E-state index contributed by atoms with van der Waals surface area (Å²) in [6.07, 6.45) is -3.17. The third kappa shape index (κ3) is 6.73. The Morgan fingerprint density at radius 3 is 2.39 bits per heavy atom. The first-order valence-electron chi connectivity index (χ1n) is 9.85. The molecule has 184 valence electrons. The number of methoxy groups -OCH3 is 2. The molecule has 0 aromatic heterocycles. The molecule has 0 bridgehead atoms. The Kier molecular flexibility index (Phi) is 8.95. The van der Waals surface area contributed by atoms with Crippen LogP contribution in [0.5, 0.6) is 11.5 Å². The molecule has 1 spiro atoms. The van der Waals surface area contributed by atoms with E-state index in [1.165, 1.54) is 14.2 Å². The van der Waals surface area contributed by atoms with Crippen LogP contribution in [0.3, 0.4) is 0 Å². The molecule has 2 saturated heterocycles. The second-order valence-electron chi connectivity index (χ2n) is 7.46. The number of halogens is 4. The number of carbonyl (C=O) groups excluding carboxylic acids is 2. The predicted molar refractivity (Wildman–Crippen MR) is 112 cm³/mol. The minimum atomic E-state index is -5.08. The zero-order chi connectivity index (χ0) is 24.8. The normalized spacial score (nSPS) is 19.2. The molecule has 13 heteroatoms. The van der Waals surface area contributed by atoms with Gasteiger partial charge >= 0.3 is 18.1 Å². The van der Waals surface area contributed by atoms with E-state index in [1.54, 1.807) is 12.1 Å². The first kappa shape index (κ1) is 26.7. The number of aliphatic carboxylic acids is 1. The Bertz CT molecular complexity index is 889. The smallest absolute Gasteiger partial charge is 0.490 e. The molecule has 2 heterocycles. The van der Waals surface area contributed by atoms with Crippen LogP contribution < -0.4 is 20.1 Å². The lowest BCUT2D eigenvalue weighted by atomic mass is 9.76. The van der Waals surface area contributed by atoms with Gasteiger partial charge in [-0.3, -0.25) is 9.59 Å². The van der Waals surface area contributed by atoms with Crippen LogP contribution >= 0.6 is 15.9 Å². The molecule has 1 amide bonds. The highest BCUT2D eigenvalue weighted by Crippen LogP contribution is 2.41. The van der Waals surface area contributed by atoms with E-state index in [1.807, 2.05) is 0 Å². The van der Waals surface area contributed by atoms with E-state index in [0.29, 0.717) is 28.0 Å². The van der Waals surface area contributed by atoms with E-state index in [4.69, 9.17) is 24.1 Å². The van der Waals surface area contributed by atoms with Gasteiger partial charge in [-0.1, -0.05) is 0 Å². The van der Waals surface area contributed by atoms with Gasteiger partial charge < -0.3 is 30.0 Å². The van der Waals surface area contributed by atoms with Crippen molar-refractivity contribution in [2.24, 2.45) is 5.41 Å². The quantitative estimate of drug-likeness (QED) is 0.487. The summed E-state index contributed by atoms with van der Waals surface area (Å²) in [6, 6.07) is 3.35. The first-order chi connectivity index (χ1) is 15.4. The van der Waals surface area contributed by atoms with Crippen molar-refractivity contribution in [1.29, 1.82) is 0 Å². The molecule has 1 aromatic carbocycles. The largest absolute Gasteiger partial charge is 0.497 e. The van der Waals surface area contributed by atoms with E-state index in [2.05, 4.69) is 26.6 Å². The van der Waals surface area contributed by atoms with E-state index < -0.39 is 17.6 Å². The minimum absolute atomic E-state index is 0.139. The summed E-state index contributed by atoms with van der Waals surface area (Å²) in [6.45, 7) is 1.92. The Labute approximate surface area is 196 Å². The van der Waals surface area contributed by atoms with Crippen molar-refractivity contribution in [3.8, 4) is 11.5 Å². The maximum Gasteiger partial charge on any atom is 0.490 e. The summed E-state index contributed by atoms with van der Waals surface area (Å²) in [7, 11) is 3.04. The predicted octanol–water partition coefficient (Wildman–Crippen LogP) is 2.51. The number of esters is 1. The van der Waals surface area contributed by atoms with Gasteiger partial charge in [0.1, 0.15) is 17.6 Å². The molecule has 2 fully saturated rings. The Balaban J connectivity index is 0.000000479. The third-order valence-electron chi connectivity index (χ3n) is 5.32. The van der Waals surface area contributed by atoms with E-state index in [9.17, 15) is 22.8 Å². The molecule has 0 saturated carbocycles. The van der Waals surface area contributed by atoms with Gasteiger partial charge in [-0.25, -0.2) is 4.79 Å². The number of carbonyl (C=O) groups is 3. The van der Waals surface area contributed by atoms with Gasteiger partial charge in [0.25, 0.3) is 5.91 Å². The summed E-state index contributed by atoms with van der Waals surface area (Å²) >= 11 is 3.38. The number of nitrogens with one attached hydrogen (secondary N) is 2. The lowest BCUT2D eigenvalue weighted by molar-refractivity contribution is -0.192. The summed E-state index contributed by atoms with van der Waals surface area (Å²) < 4.78 is 48.4. The second kappa shape index (κ2) is 11.1. The molecule has 1 atom stereocenters. The van der Waals surface area contributed by atoms with Gasteiger partial charge in [0.15, 0.2) is 0 Å². The SMILES string of the molecule is COc1cc(Br)c(OC)c(C(=O)NCC2CC3(CCNCC3)C(=O)O2)c1.O=C(O)C(F)(F)F. The van der Waals surface area contributed by atoms with Crippen molar-refractivity contribution in [3.05, 3.63) is 22.2 Å². The summed E-state index contributed by atoms with van der Waals surface area (Å²) in [4.78, 5) is 33.8. The number of ether oxygens (including phenoxy) is 3. The number of hydrogen-bond donors (Lipinski definition) is 3. The van der Waals surface area contributed by atoms with Crippen LogP contribution in [0.1, 0.15) is 29.6 Å². The summed E-state index contributed by atoms with van der Waals surface area (Å²) in [5, 5.41) is 13.2. The Hall–Kier alpha value is -2.54. The molecule has 9 nitrogen and oxygen atoms in total. The number of hydrogen-bond acceptors (Lipinski definition) is 7. The monoisotopic (exact) mass is 540 g/mol. The van der Waals surface area contributed by atoms with E-state index in [-0.39, 0.29) is 24.5 Å². The number of benzene rings is 1. The molecule has 1 aromatic rings. The van der Waals surface area contributed by atoms with Crippen LogP contribution in [0, 0.1) is 5.41 Å². The number of piperidine rings is 1. The molecule has 2 aliphatic rings. The van der Waals surface area contributed by atoms with Gasteiger partial charge in [-0.2, -0.15) is 13.2 Å². The zero-order valence-electron chi connectivity index (χ0n) is 17.9. The number of alkyl halides is 3. The van der Waals surface area contributed by atoms with Crippen LogP contribution in [0.2, 0.25) is 0 Å². The van der Waals surface area contributed by atoms with Gasteiger partial charge in [-0.05, 0) is 54.0 Å². The summed E-state index contributed by atoms with van der Waals surface area (Å²) in [5.41, 5.74) is -0.0308. The molecule has 1 unspecified atom stereocenters. The van der Waals surface area contributed by atoms with Crippen LogP contribution in [0.4, 0.5) is 13.2 Å². The minimum Gasteiger partial charge on any atom is -0.497 e. The third-order valence-corrected chi connectivity index (χ3v) is 5.91. The highest BCUT2D eigenvalue weighted by molar-refractivity contribution is 9.10. The van der Waals surface area contributed by atoms with Gasteiger partial charge in [0, 0.05) is 6.42 Å². The van der Waals surface area contributed by atoms with Crippen molar-refractivity contribution in [1.82, 2.24) is 10.6 Å². The maximum absolute atomic E-state index is 12.6. The highest BCUT2D eigenvalue weighted by atomic mass is 79.9. The van der Waals surface area contributed by atoms with Crippen molar-refractivity contribution in [2.75, 3.05) is 33.9 Å². The average molecular weight is 541 g/mol. The average Bonchev–Trinajstić information content (AvgIpc) is 3.06. The van der Waals surface area contributed by atoms with Crippen LogP contribution in [0.25, 0.3) is 0 Å². The van der Waals surface area contributed by atoms with Gasteiger partial charge in [0.05, 0.1) is 36.2 Å². The van der Waals surface area contributed by atoms with Gasteiger partial charge in [0.2, 0.25) is 0 Å². The molecular formula is C20H24BrF3N2O7. The second-order valence-corrected chi connectivity index (χ2v) is 8.32. The van der Waals surface area contributed by atoms with Crippen LogP contribution in [-0.4, -0.2) is 69.1 Å².